The van der Waals surface area contributed by atoms with E-state index in [0.717, 1.165) is 18.3 Å². The van der Waals surface area contributed by atoms with Crippen LogP contribution in [0, 0.1) is 29.6 Å². The Bertz CT molecular complexity index is 266. The highest BCUT2D eigenvalue weighted by Crippen LogP contribution is 2.55. The number of hydrogen-bond donors (Lipinski definition) is 0. The Morgan fingerprint density at radius 3 is 2.75 bits per heavy atom. The number of Topliss-reactive ketones (excluding diaryl/α,β-unsaturated/α-hetero) is 1. The fraction of sp³-hybridized carbons (Fsp3) is 0.727. The summed E-state index contributed by atoms with van der Waals surface area (Å²) in [6.45, 7) is 2.10. The molecule has 0 aliphatic heterocycles. The van der Waals surface area contributed by atoms with Gasteiger partial charge in [-0.2, -0.15) is 0 Å². The summed E-state index contributed by atoms with van der Waals surface area (Å²) >= 11 is 0. The molecule has 64 valence electrons. The van der Waals surface area contributed by atoms with Crippen molar-refractivity contribution in [3.05, 3.63) is 12.2 Å². The second-order valence-corrected chi connectivity index (χ2v) is 4.68. The van der Waals surface area contributed by atoms with Crippen molar-refractivity contribution in [1.82, 2.24) is 0 Å². The molecule has 2 fully saturated rings. The topological polar surface area (TPSA) is 17.1 Å². The van der Waals surface area contributed by atoms with E-state index < -0.39 is 0 Å². The maximum Gasteiger partial charge on any atom is 0.139 e. The number of carbonyl (C=O) groups excluding carboxylic acids is 1. The molecule has 12 heavy (non-hydrogen) atoms. The summed E-state index contributed by atoms with van der Waals surface area (Å²) in [7, 11) is 0. The number of ketones is 1. The van der Waals surface area contributed by atoms with Crippen molar-refractivity contribution in [2.75, 3.05) is 0 Å². The molecule has 0 heterocycles. The highest BCUT2D eigenvalue weighted by atomic mass is 16.1. The monoisotopic (exact) mass is 162 g/mol. The summed E-state index contributed by atoms with van der Waals surface area (Å²) in [5, 5.41) is 0. The summed E-state index contributed by atoms with van der Waals surface area (Å²) in [5.74, 6) is 3.44. The molecular formula is C11H14O. The number of hydrogen-bond acceptors (Lipinski definition) is 1. The first-order valence-electron chi connectivity index (χ1n) is 4.99. The molecule has 0 spiro atoms. The van der Waals surface area contributed by atoms with Gasteiger partial charge in [-0.15, -0.1) is 0 Å². The molecule has 2 saturated carbocycles. The van der Waals surface area contributed by atoms with Gasteiger partial charge in [0, 0.05) is 11.8 Å². The van der Waals surface area contributed by atoms with Gasteiger partial charge in [0.2, 0.25) is 0 Å². The van der Waals surface area contributed by atoms with E-state index in [1.807, 2.05) is 0 Å². The quantitative estimate of drug-likeness (QED) is 0.498. The highest BCUT2D eigenvalue weighted by molar-refractivity contribution is 5.87. The van der Waals surface area contributed by atoms with Crippen molar-refractivity contribution in [2.45, 2.75) is 19.8 Å². The van der Waals surface area contributed by atoms with Gasteiger partial charge in [-0.25, -0.2) is 0 Å². The Labute approximate surface area is 72.8 Å². The summed E-state index contributed by atoms with van der Waals surface area (Å²) in [6, 6.07) is 0. The Morgan fingerprint density at radius 2 is 2.00 bits per heavy atom. The van der Waals surface area contributed by atoms with Crippen molar-refractivity contribution in [2.24, 2.45) is 29.6 Å². The zero-order chi connectivity index (χ0) is 8.29. The Kier molecular flexibility index (Phi) is 1.15. The summed E-state index contributed by atoms with van der Waals surface area (Å²) in [5.41, 5.74) is 0. The van der Waals surface area contributed by atoms with Gasteiger partial charge in [0.15, 0.2) is 0 Å². The average Bonchev–Trinajstić information content (AvgIpc) is 2.66. The van der Waals surface area contributed by atoms with Gasteiger partial charge < -0.3 is 0 Å². The molecular weight excluding hydrogens is 148 g/mol. The number of allylic oxidation sites excluding steroid dienone is 2. The zero-order valence-electron chi connectivity index (χ0n) is 7.36. The van der Waals surface area contributed by atoms with Crippen LogP contribution in [0.2, 0.25) is 0 Å². The van der Waals surface area contributed by atoms with Crippen molar-refractivity contribution in [3.63, 3.8) is 0 Å². The van der Waals surface area contributed by atoms with Crippen LogP contribution in [-0.2, 0) is 4.79 Å². The minimum absolute atomic E-state index is 0.352. The third kappa shape index (κ3) is 0.634. The van der Waals surface area contributed by atoms with E-state index in [-0.39, 0.29) is 0 Å². The number of fused-ring (bicyclic) bond motifs is 5. The Morgan fingerprint density at radius 1 is 1.25 bits per heavy atom. The third-order valence-corrected chi connectivity index (χ3v) is 4.06. The standard InChI is InChI=1S/C11H14O/c1-6-4-9-7-2-3-8(5-7)10(9)11(6)12/h2-3,6-10H,4-5H2,1H3/t6-,7+,8-,9+,10-/m1/s1. The van der Waals surface area contributed by atoms with Crippen LogP contribution >= 0.6 is 0 Å². The Balaban J connectivity index is 2.00. The van der Waals surface area contributed by atoms with E-state index in [2.05, 4.69) is 19.1 Å². The first-order chi connectivity index (χ1) is 5.77. The van der Waals surface area contributed by atoms with Gasteiger partial charge in [0.25, 0.3) is 0 Å². The van der Waals surface area contributed by atoms with Crippen LogP contribution in [-0.4, -0.2) is 5.78 Å². The van der Waals surface area contributed by atoms with E-state index >= 15 is 0 Å². The summed E-state index contributed by atoms with van der Waals surface area (Å²) < 4.78 is 0. The molecule has 0 N–H and O–H groups in total. The van der Waals surface area contributed by atoms with Crippen LogP contribution in [0.5, 0.6) is 0 Å². The van der Waals surface area contributed by atoms with Crippen molar-refractivity contribution in [3.8, 4) is 0 Å². The molecule has 1 heteroatoms. The van der Waals surface area contributed by atoms with E-state index in [1.54, 1.807) is 0 Å². The minimum atomic E-state index is 0.352. The maximum absolute atomic E-state index is 11.7. The molecule has 5 atom stereocenters. The molecule has 0 aromatic heterocycles. The predicted octanol–water partition coefficient (Wildman–Crippen LogP) is 2.03. The fourth-order valence-corrected chi connectivity index (χ4v) is 3.52. The van der Waals surface area contributed by atoms with Gasteiger partial charge in [-0.1, -0.05) is 19.1 Å². The molecule has 0 aromatic carbocycles. The van der Waals surface area contributed by atoms with Gasteiger partial charge in [0.1, 0.15) is 5.78 Å². The molecule has 0 amide bonds. The zero-order valence-corrected chi connectivity index (χ0v) is 7.36. The predicted molar refractivity (Wildman–Crippen MR) is 46.5 cm³/mol. The fourth-order valence-electron chi connectivity index (χ4n) is 3.52. The second kappa shape index (κ2) is 2.01. The molecule has 0 aromatic rings. The number of rotatable bonds is 0. The molecule has 2 bridgehead atoms. The van der Waals surface area contributed by atoms with Crippen LogP contribution in [0.15, 0.2) is 12.2 Å². The molecule has 0 unspecified atom stereocenters. The van der Waals surface area contributed by atoms with Crippen LogP contribution in [0.25, 0.3) is 0 Å². The van der Waals surface area contributed by atoms with Crippen LogP contribution in [0.3, 0.4) is 0 Å². The summed E-state index contributed by atoms with van der Waals surface area (Å²) in [6.07, 6.45) is 7.06. The maximum atomic E-state index is 11.7. The second-order valence-electron chi connectivity index (χ2n) is 4.68. The van der Waals surface area contributed by atoms with Gasteiger partial charge >= 0.3 is 0 Å². The highest BCUT2D eigenvalue weighted by Gasteiger charge is 2.53. The lowest BCUT2D eigenvalue weighted by atomic mass is 9.86. The van der Waals surface area contributed by atoms with Gasteiger partial charge in [-0.3, -0.25) is 4.79 Å². The third-order valence-electron chi connectivity index (χ3n) is 4.06. The van der Waals surface area contributed by atoms with Crippen LogP contribution in [0.4, 0.5) is 0 Å². The van der Waals surface area contributed by atoms with E-state index in [1.165, 1.54) is 6.42 Å². The molecule has 0 radical (unpaired) electrons. The molecule has 3 aliphatic rings. The smallest absolute Gasteiger partial charge is 0.139 e. The Hall–Kier alpha value is -0.590. The lowest BCUT2D eigenvalue weighted by molar-refractivity contribution is -0.124. The van der Waals surface area contributed by atoms with Gasteiger partial charge in [0.05, 0.1) is 0 Å². The van der Waals surface area contributed by atoms with Crippen molar-refractivity contribution < 1.29 is 4.79 Å². The largest absolute Gasteiger partial charge is 0.299 e. The molecule has 1 nitrogen and oxygen atoms in total. The first-order valence-corrected chi connectivity index (χ1v) is 4.99. The van der Waals surface area contributed by atoms with Gasteiger partial charge in [-0.05, 0) is 30.6 Å². The van der Waals surface area contributed by atoms with Crippen molar-refractivity contribution >= 4 is 5.78 Å². The summed E-state index contributed by atoms with van der Waals surface area (Å²) in [4.78, 5) is 11.7. The molecule has 0 saturated heterocycles. The number of carbonyl (C=O) groups is 1. The molecule has 3 aliphatic carbocycles. The lowest BCUT2D eigenvalue weighted by Gasteiger charge is -2.17. The van der Waals surface area contributed by atoms with Crippen molar-refractivity contribution in [1.29, 1.82) is 0 Å². The first kappa shape index (κ1) is 6.88. The normalized spacial score (nSPS) is 55.1. The van der Waals surface area contributed by atoms with E-state index in [0.29, 0.717) is 23.5 Å². The SMILES string of the molecule is C[C@@H]1C[C@@H]2[C@H](C1=O)[C@@H]1C=C[C@H]2C1. The minimum Gasteiger partial charge on any atom is -0.299 e. The lowest BCUT2D eigenvalue weighted by Crippen LogP contribution is -2.20. The molecule has 3 rings (SSSR count). The van der Waals surface area contributed by atoms with E-state index in [9.17, 15) is 4.79 Å². The average molecular weight is 162 g/mol. The van der Waals surface area contributed by atoms with E-state index in [4.69, 9.17) is 0 Å². The van der Waals surface area contributed by atoms with Crippen LogP contribution in [0.1, 0.15) is 19.8 Å². The van der Waals surface area contributed by atoms with Crippen LogP contribution < -0.4 is 0 Å².